The van der Waals surface area contributed by atoms with Crippen molar-refractivity contribution in [2.24, 2.45) is 0 Å². The molecule has 0 bridgehead atoms. The van der Waals surface area contributed by atoms with E-state index in [2.05, 4.69) is 58.2 Å². The summed E-state index contributed by atoms with van der Waals surface area (Å²) in [4.78, 5) is 13.8. The van der Waals surface area contributed by atoms with Crippen molar-refractivity contribution in [3.8, 4) is 0 Å². The average molecular weight is 394 g/mol. The number of aromatic nitrogens is 2. The maximum absolute atomic E-state index is 6.13. The van der Waals surface area contributed by atoms with Gasteiger partial charge in [0.15, 0.2) is 0 Å². The summed E-state index contributed by atoms with van der Waals surface area (Å²) < 4.78 is 0. The minimum absolute atomic E-state index is 0.766. The van der Waals surface area contributed by atoms with Crippen molar-refractivity contribution in [3.05, 3.63) is 70.9 Å². The third-order valence-electron chi connectivity index (χ3n) is 5.11. The lowest BCUT2D eigenvalue weighted by Gasteiger charge is -2.36. The lowest BCUT2D eigenvalue weighted by atomic mass is 10.1. The number of rotatable bonds is 4. The summed E-state index contributed by atoms with van der Waals surface area (Å²) in [6.07, 6.45) is 1.82. The van der Waals surface area contributed by atoms with Crippen molar-refractivity contribution in [2.75, 3.05) is 41.3 Å². The minimum atomic E-state index is 0.766. The predicted molar refractivity (Wildman–Crippen MR) is 117 cm³/mol. The van der Waals surface area contributed by atoms with Crippen LogP contribution in [0.5, 0.6) is 0 Å². The number of nitrogens with zero attached hydrogens (tertiary/aromatic N) is 4. The first-order valence-electron chi connectivity index (χ1n) is 9.52. The maximum atomic E-state index is 6.13. The highest BCUT2D eigenvalue weighted by molar-refractivity contribution is 6.30. The molecule has 1 aliphatic heterocycles. The van der Waals surface area contributed by atoms with Crippen LogP contribution in [-0.4, -0.2) is 36.1 Å². The Labute approximate surface area is 171 Å². The SMILES string of the molecule is Cc1cccc(C)c1Nc1ccnc(N2CCN(c3cccc(Cl)c3)CC2)n1. The smallest absolute Gasteiger partial charge is 0.227 e. The minimum Gasteiger partial charge on any atom is -0.368 e. The van der Waals surface area contributed by atoms with E-state index in [4.69, 9.17) is 16.6 Å². The van der Waals surface area contributed by atoms with Gasteiger partial charge >= 0.3 is 0 Å². The van der Waals surface area contributed by atoms with E-state index in [0.717, 1.165) is 48.7 Å². The van der Waals surface area contributed by atoms with Gasteiger partial charge in [0.1, 0.15) is 5.82 Å². The van der Waals surface area contributed by atoms with Gasteiger partial charge in [-0.2, -0.15) is 4.98 Å². The van der Waals surface area contributed by atoms with Crippen molar-refractivity contribution in [1.82, 2.24) is 9.97 Å². The Morgan fingerprint density at radius 2 is 1.57 bits per heavy atom. The molecule has 2 heterocycles. The summed E-state index contributed by atoms with van der Waals surface area (Å²) in [5.74, 6) is 1.58. The predicted octanol–water partition coefficient (Wildman–Crippen LogP) is 4.82. The van der Waals surface area contributed by atoms with Crippen LogP contribution in [0.1, 0.15) is 11.1 Å². The molecule has 6 heteroatoms. The van der Waals surface area contributed by atoms with E-state index in [1.54, 1.807) is 0 Å². The summed E-state index contributed by atoms with van der Waals surface area (Å²) in [5.41, 5.74) is 4.68. The summed E-state index contributed by atoms with van der Waals surface area (Å²) in [5, 5.41) is 4.23. The summed E-state index contributed by atoms with van der Waals surface area (Å²) in [6, 6.07) is 16.2. The number of benzene rings is 2. The van der Waals surface area contributed by atoms with E-state index in [9.17, 15) is 0 Å². The first-order chi connectivity index (χ1) is 13.6. The van der Waals surface area contributed by atoms with Crippen LogP contribution >= 0.6 is 11.6 Å². The number of aryl methyl sites for hydroxylation is 2. The zero-order valence-electron chi connectivity index (χ0n) is 16.2. The summed E-state index contributed by atoms with van der Waals surface area (Å²) >= 11 is 6.13. The fourth-order valence-corrected chi connectivity index (χ4v) is 3.73. The Hall–Kier alpha value is -2.79. The van der Waals surface area contributed by atoms with Gasteiger partial charge in [0.25, 0.3) is 0 Å². The lowest BCUT2D eigenvalue weighted by molar-refractivity contribution is 0.640. The molecule has 0 radical (unpaired) electrons. The molecule has 1 aromatic heterocycles. The Morgan fingerprint density at radius 1 is 0.893 bits per heavy atom. The molecule has 4 rings (SSSR count). The lowest BCUT2D eigenvalue weighted by Crippen LogP contribution is -2.47. The van der Waals surface area contributed by atoms with E-state index in [-0.39, 0.29) is 0 Å². The van der Waals surface area contributed by atoms with E-state index >= 15 is 0 Å². The van der Waals surface area contributed by atoms with Crippen LogP contribution in [0.2, 0.25) is 5.02 Å². The first kappa shape index (κ1) is 18.6. The van der Waals surface area contributed by atoms with E-state index in [0.29, 0.717) is 0 Å². The Balaban J connectivity index is 1.45. The molecule has 1 N–H and O–H groups in total. The van der Waals surface area contributed by atoms with E-state index < -0.39 is 0 Å². The number of nitrogens with one attached hydrogen (secondary N) is 1. The molecule has 5 nitrogen and oxygen atoms in total. The molecule has 0 unspecified atom stereocenters. The molecule has 0 amide bonds. The van der Waals surface area contributed by atoms with Crippen LogP contribution in [-0.2, 0) is 0 Å². The molecule has 1 fully saturated rings. The van der Waals surface area contributed by atoms with Gasteiger partial charge in [0, 0.05) is 48.8 Å². The first-order valence-corrected chi connectivity index (χ1v) is 9.90. The van der Waals surface area contributed by atoms with Crippen LogP contribution in [0, 0.1) is 13.8 Å². The van der Waals surface area contributed by atoms with Gasteiger partial charge in [-0.05, 0) is 49.2 Å². The molecular weight excluding hydrogens is 370 g/mol. The number of piperazine rings is 1. The van der Waals surface area contributed by atoms with Gasteiger partial charge < -0.3 is 15.1 Å². The zero-order chi connectivity index (χ0) is 19.5. The van der Waals surface area contributed by atoms with Gasteiger partial charge in [0.05, 0.1) is 0 Å². The summed E-state index contributed by atoms with van der Waals surface area (Å²) in [7, 11) is 0. The zero-order valence-corrected chi connectivity index (χ0v) is 16.9. The molecule has 0 saturated carbocycles. The van der Waals surface area contributed by atoms with Crippen molar-refractivity contribution in [3.63, 3.8) is 0 Å². The molecule has 1 saturated heterocycles. The molecule has 144 valence electrons. The maximum Gasteiger partial charge on any atom is 0.227 e. The third kappa shape index (κ3) is 4.04. The van der Waals surface area contributed by atoms with Gasteiger partial charge in [-0.1, -0.05) is 35.9 Å². The van der Waals surface area contributed by atoms with Gasteiger partial charge in [-0.15, -0.1) is 0 Å². The van der Waals surface area contributed by atoms with Gasteiger partial charge in [-0.3, -0.25) is 0 Å². The molecule has 2 aromatic carbocycles. The second-order valence-electron chi connectivity index (χ2n) is 7.09. The number of anilines is 4. The van der Waals surface area contributed by atoms with E-state index in [1.807, 2.05) is 30.5 Å². The quantitative estimate of drug-likeness (QED) is 0.688. The van der Waals surface area contributed by atoms with E-state index in [1.165, 1.54) is 16.8 Å². The van der Waals surface area contributed by atoms with Crippen molar-refractivity contribution < 1.29 is 0 Å². The second kappa shape index (κ2) is 8.07. The average Bonchev–Trinajstić information content (AvgIpc) is 2.71. The highest BCUT2D eigenvalue weighted by Gasteiger charge is 2.19. The number of para-hydroxylation sites is 1. The van der Waals surface area contributed by atoms with Crippen LogP contribution in [0.25, 0.3) is 0 Å². The second-order valence-corrected chi connectivity index (χ2v) is 7.52. The van der Waals surface area contributed by atoms with Crippen LogP contribution in [0.15, 0.2) is 54.7 Å². The van der Waals surface area contributed by atoms with Crippen molar-refractivity contribution in [2.45, 2.75) is 13.8 Å². The Bertz CT molecular complexity index is 946. The number of hydrogen-bond donors (Lipinski definition) is 1. The van der Waals surface area contributed by atoms with Crippen molar-refractivity contribution in [1.29, 1.82) is 0 Å². The van der Waals surface area contributed by atoms with Crippen molar-refractivity contribution >= 4 is 34.7 Å². The third-order valence-corrected chi connectivity index (χ3v) is 5.35. The normalized spacial score (nSPS) is 14.2. The number of hydrogen-bond acceptors (Lipinski definition) is 5. The molecule has 1 aliphatic rings. The highest BCUT2D eigenvalue weighted by atomic mass is 35.5. The fourth-order valence-electron chi connectivity index (χ4n) is 3.55. The van der Waals surface area contributed by atoms with Gasteiger partial charge in [-0.25, -0.2) is 4.98 Å². The monoisotopic (exact) mass is 393 g/mol. The molecule has 0 spiro atoms. The molecule has 0 aliphatic carbocycles. The van der Waals surface area contributed by atoms with Crippen LogP contribution in [0.3, 0.4) is 0 Å². The van der Waals surface area contributed by atoms with Crippen LogP contribution < -0.4 is 15.1 Å². The molecule has 0 atom stereocenters. The largest absolute Gasteiger partial charge is 0.368 e. The highest BCUT2D eigenvalue weighted by Crippen LogP contribution is 2.25. The van der Waals surface area contributed by atoms with Gasteiger partial charge in [0.2, 0.25) is 5.95 Å². The fraction of sp³-hybridized carbons (Fsp3) is 0.273. The molecular formula is C22H24ClN5. The number of halogens is 1. The molecule has 28 heavy (non-hydrogen) atoms. The Kier molecular flexibility index (Phi) is 5.35. The summed E-state index contributed by atoms with van der Waals surface area (Å²) in [6.45, 7) is 7.79. The Morgan fingerprint density at radius 3 is 2.29 bits per heavy atom. The standard InChI is InChI=1S/C22H24ClN5/c1-16-5-3-6-17(2)21(16)25-20-9-10-24-22(26-20)28-13-11-27(12-14-28)19-8-4-7-18(23)15-19/h3-10,15H,11-14H2,1-2H3,(H,24,25,26). The molecule has 3 aromatic rings. The topological polar surface area (TPSA) is 44.3 Å². The van der Waals surface area contributed by atoms with Crippen LogP contribution in [0.4, 0.5) is 23.1 Å².